The third-order valence-electron chi connectivity index (χ3n) is 2.75. The lowest BCUT2D eigenvalue weighted by atomic mass is 9.84. The molecule has 0 radical (unpaired) electrons. The Hall–Kier alpha value is -0.0400. The fourth-order valence-electron chi connectivity index (χ4n) is 1.95. The molecule has 0 bridgehead atoms. The number of rotatable bonds is 7. The SMILES string of the molecule is CCCC(CCC)C(C)CCN. The third-order valence-corrected chi connectivity index (χ3v) is 2.75. The van der Waals surface area contributed by atoms with Crippen LogP contribution >= 0.6 is 0 Å². The zero-order chi connectivity index (χ0) is 9.40. The van der Waals surface area contributed by atoms with E-state index in [-0.39, 0.29) is 0 Å². The van der Waals surface area contributed by atoms with Crippen molar-refractivity contribution < 1.29 is 0 Å². The molecule has 0 heterocycles. The van der Waals surface area contributed by atoms with E-state index in [1.54, 1.807) is 0 Å². The van der Waals surface area contributed by atoms with E-state index in [1.165, 1.54) is 32.1 Å². The zero-order valence-electron chi connectivity index (χ0n) is 8.97. The smallest absolute Gasteiger partial charge is 0.00746 e. The summed E-state index contributed by atoms with van der Waals surface area (Å²) in [5, 5.41) is 0. The fraction of sp³-hybridized carbons (Fsp3) is 1.00. The molecule has 1 nitrogen and oxygen atoms in total. The highest BCUT2D eigenvalue weighted by Crippen LogP contribution is 2.24. The van der Waals surface area contributed by atoms with E-state index >= 15 is 0 Å². The average Bonchev–Trinajstić information content (AvgIpc) is 2.04. The molecule has 0 aliphatic rings. The van der Waals surface area contributed by atoms with Gasteiger partial charge < -0.3 is 5.73 Å². The lowest BCUT2D eigenvalue weighted by Gasteiger charge is -2.22. The highest BCUT2D eigenvalue weighted by Gasteiger charge is 2.14. The van der Waals surface area contributed by atoms with Crippen LogP contribution in [0.2, 0.25) is 0 Å². The van der Waals surface area contributed by atoms with Crippen molar-refractivity contribution in [3.8, 4) is 0 Å². The Balaban J connectivity index is 3.72. The minimum Gasteiger partial charge on any atom is -0.330 e. The van der Waals surface area contributed by atoms with E-state index in [0.717, 1.165) is 18.4 Å². The molecule has 0 amide bonds. The summed E-state index contributed by atoms with van der Waals surface area (Å²) in [7, 11) is 0. The zero-order valence-corrected chi connectivity index (χ0v) is 8.97. The first kappa shape index (κ1) is 12.0. The Kier molecular flexibility index (Phi) is 7.58. The Morgan fingerprint density at radius 3 is 1.83 bits per heavy atom. The van der Waals surface area contributed by atoms with Crippen LogP contribution in [0.3, 0.4) is 0 Å². The van der Waals surface area contributed by atoms with Crippen molar-refractivity contribution in [1.29, 1.82) is 0 Å². The Morgan fingerprint density at radius 2 is 1.50 bits per heavy atom. The van der Waals surface area contributed by atoms with Gasteiger partial charge in [-0.2, -0.15) is 0 Å². The van der Waals surface area contributed by atoms with Gasteiger partial charge in [-0.15, -0.1) is 0 Å². The van der Waals surface area contributed by atoms with Crippen LogP contribution in [0.15, 0.2) is 0 Å². The normalized spacial score (nSPS) is 13.8. The van der Waals surface area contributed by atoms with E-state index in [4.69, 9.17) is 5.73 Å². The van der Waals surface area contributed by atoms with Crippen LogP contribution in [0.5, 0.6) is 0 Å². The second-order valence-corrected chi connectivity index (χ2v) is 3.89. The Morgan fingerprint density at radius 1 is 1.00 bits per heavy atom. The molecular weight excluding hydrogens is 146 g/mol. The molecule has 0 fully saturated rings. The molecule has 0 aliphatic carbocycles. The summed E-state index contributed by atoms with van der Waals surface area (Å²) >= 11 is 0. The first-order valence-electron chi connectivity index (χ1n) is 5.46. The van der Waals surface area contributed by atoms with Gasteiger partial charge >= 0.3 is 0 Å². The van der Waals surface area contributed by atoms with E-state index in [0.29, 0.717) is 0 Å². The second kappa shape index (κ2) is 7.60. The maximum absolute atomic E-state index is 5.56. The molecule has 0 aromatic rings. The highest BCUT2D eigenvalue weighted by molar-refractivity contribution is 4.66. The van der Waals surface area contributed by atoms with Crippen molar-refractivity contribution in [1.82, 2.24) is 0 Å². The summed E-state index contributed by atoms with van der Waals surface area (Å²) in [6.07, 6.45) is 6.60. The third kappa shape index (κ3) is 4.76. The number of hydrogen-bond donors (Lipinski definition) is 1. The molecule has 0 aliphatic heterocycles. The molecule has 12 heavy (non-hydrogen) atoms. The van der Waals surface area contributed by atoms with Crippen LogP contribution in [0.4, 0.5) is 0 Å². The Labute approximate surface area is 77.7 Å². The summed E-state index contributed by atoms with van der Waals surface area (Å²) in [6.45, 7) is 7.75. The van der Waals surface area contributed by atoms with Gasteiger partial charge in [0.05, 0.1) is 0 Å². The molecule has 74 valence electrons. The van der Waals surface area contributed by atoms with E-state index in [1.807, 2.05) is 0 Å². The van der Waals surface area contributed by atoms with Gasteiger partial charge in [0.1, 0.15) is 0 Å². The molecule has 0 spiro atoms. The second-order valence-electron chi connectivity index (χ2n) is 3.89. The summed E-state index contributed by atoms with van der Waals surface area (Å²) in [6, 6.07) is 0. The quantitative estimate of drug-likeness (QED) is 0.625. The molecule has 1 heteroatoms. The maximum atomic E-state index is 5.56. The summed E-state index contributed by atoms with van der Waals surface area (Å²) in [5.41, 5.74) is 5.56. The number of nitrogens with two attached hydrogens (primary N) is 1. The molecule has 0 aromatic carbocycles. The van der Waals surface area contributed by atoms with Crippen LogP contribution in [-0.2, 0) is 0 Å². The summed E-state index contributed by atoms with van der Waals surface area (Å²) in [5.74, 6) is 1.75. The molecule has 0 saturated carbocycles. The first-order chi connectivity index (χ1) is 5.76. The molecule has 0 aromatic heterocycles. The van der Waals surface area contributed by atoms with Gasteiger partial charge in [0.15, 0.2) is 0 Å². The van der Waals surface area contributed by atoms with Crippen molar-refractivity contribution in [3.05, 3.63) is 0 Å². The van der Waals surface area contributed by atoms with Crippen molar-refractivity contribution in [2.45, 2.75) is 52.9 Å². The molecule has 0 saturated heterocycles. The van der Waals surface area contributed by atoms with Gasteiger partial charge in [-0.3, -0.25) is 0 Å². The lowest BCUT2D eigenvalue weighted by Crippen LogP contribution is -2.15. The van der Waals surface area contributed by atoms with Gasteiger partial charge in [-0.1, -0.05) is 46.5 Å². The first-order valence-corrected chi connectivity index (χ1v) is 5.46. The van der Waals surface area contributed by atoms with Crippen LogP contribution in [0.1, 0.15) is 52.9 Å². The predicted octanol–water partition coefficient (Wildman–Crippen LogP) is 3.19. The molecule has 1 atom stereocenters. The van der Waals surface area contributed by atoms with Crippen LogP contribution in [-0.4, -0.2) is 6.54 Å². The maximum Gasteiger partial charge on any atom is -0.00746 e. The topological polar surface area (TPSA) is 26.0 Å². The lowest BCUT2D eigenvalue weighted by molar-refractivity contribution is 0.297. The van der Waals surface area contributed by atoms with Crippen molar-refractivity contribution in [2.75, 3.05) is 6.54 Å². The van der Waals surface area contributed by atoms with Gasteiger partial charge in [0, 0.05) is 0 Å². The predicted molar refractivity (Wildman–Crippen MR) is 56.1 cm³/mol. The molecule has 0 rings (SSSR count). The van der Waals surface area contributed by atoms with Crippen LogP contribution in [0.25, 0.3) is 0 Å². The Bertz CT molecular complexity index is 85.0. The van der Waals surface area contributed by atoms with Gasteiger partial charge in [-0.25, -0.2) is 0 Å². The van der Waals surface area contributed by atoms with E-state index in [2.05, 4.69) is 20.8 Å². The molecular formula is C11H25N. The van der Waals surface area contributed by atoms with Crippen molar-refractivity contribution in [3.63, 3.8) is 0 Å². The van der Waals surface area contributed by atoms with Gasteiger partial charge in [0.2, 0.25) is 0 Å². The minimum absolute atomic E-state index is 0.829. The van der Waals surface area contributed by atoms with Crippen LogP contribution < -0.4 is 5.73 Å². The molecule has 2 N–H and O–H groups in total. The van der Waals surface area contributed by atoms with Crippen molar-refractivity contribution >= 4 is 0 Å². The van der Waals surface area contributed by atoms with Crippen LogP contribution in [0, 0.1) is 11.8 Å². The monoisotopic (exact) mass is 171 g/mol. The largest absolute Gasteiger partial charge is 0.330 e. The summed E-state index contributed by atoms with van der Waals surface area (Å²) < 4.78 is 0. The van der Waals surface area contributed by atoms with Gasteiger partial charge in [-0.05, 0) is 24.8 Å². The summed E-state index contributed by atoms with van der Waals surface area (Å²) in [4.78, 5) is 0. The number of hydrogen-bond acceptors (Lipinski definition) is 1. The highest BCUT2D eigenvalue weighted by atomic mass is 14.5. The fourth-order valence-corrected chi connectivity index (χ4v) is 1.95. The molecule has 1 unspecified atom stereocenters. The average molecular weight is 171 g/mol. The van der Waals surface area contributed by atoms with E-state index < -0.39 is 0 Å². The van der Waals surface area contributed by atoms with E-state index in [9.17, 15) is 0 Å². The minimum atomic E-state index is 0.829. The van der Waals surface area contributed by atoms with Crippen molar-refractivity contribution in [2.24, 2.45) is 17.6 Å². The standard InChI is InChI=1S/C11H25N/c1-4-6-11(7-5-2)10(3)8-9-12/h10-11H,4-9,12H2,1-3H3. The van der Waals surface area contributed by atoms with Gasteiger partial charge in [0.25, 0.3) is 0 Å².